The predicted molar refractivity (Wildman–Crippen MR) is 57.9 cm³/mol. The maximum Gasteiger partial charge on any atom is 0.149 e. The van der Waals surface area contributed by atoms with E-state index in [1.54, 1.807) is 20.1 Å². The molecule has 0 N–H and O–H groups in total. The van der Waals surface area contributed by atoms with Gasteiger partial charge in [0.1, 0.15) is 11.6 Å². The smallest absolute Gasteiger partial charge is 0.149 e. The molecule has 0 aliphatic carbocycles. The number of benzene rings is 1. The van der Waals surface area contributed by atoms with Gasteiger partial charge in [-0.15, -0.1) is 0 Å². The van der Waals surface area contributed by atoms with Crippen molar-refractivity contribution in [3.63, 3.8) is 0 Å². The minimum atomic E-state index is -0.661. The van der Waals surface area contributed by atoms with E-state index in [-0.39, 0.29) is 10.6 Å². The van der Waals surface area contributed by atoms with Crippen LogP contribution in [0.3, 0.4) is 0 Å². The molecule has 1 rings (SSSR count). The number of thioether (sulfide) groups is 1. The SMILES string of the molecule is CSC(C)(C)c1c(F)ccc(Cl)c1F. The van der Waals surface area contributed by atoms with Crippen molar-refractivity contribution in [3.8, 4) is 0 Å². The van der Waals surface area contributed by atoms with Gasteiger partial charge in [0.25, 0.3) is 0 Å². The molecule has 0 aromatic heterocycles. The Kier molecular flexibility index (Phi) is 3.43. The van der Waals surface area contributed by atoms with E-state index in [1.165, 1.54) is 23.9 Å². The standard InChI is InChI=1S/C10H11ClF2S/c1-10(2,14-3)8-7(12)5-4-6(11)9(8)13/h4-5H,1-3H3. The van der Waals surface area contributed by atoms with E-state index in [1.807, 2.05) is 0 Å². The Balaban J connectivity index is 3.40. The van der Waals surface area contributed by atoms with Crippen molar-refractivity contribution in [2.75, 3.05) is 6.26 Å². The molecule has 0 atom stereocenters. The minimum Gasteiger partial charge on any atom is -0.207 e. The van der Waals surface area contributed by atoms with Crippen LogP contribution < -0.4 is 0 Å². The van der Waals surface area contributed by atoms with E-state index < -0.39 is 16.4 Å². The second-order valence-electron chi connectivity index (χ2n) is 3.43. The average molecular weight is 237 g/mol. The third-order valence-electron chi connectivity index (χ3n) is 2.16. The Labute approximate surface area is 91.6 Å². The molecule has 4 heteroatoms. The van der Waals surface area contributed by atoms with Crippen LogP contribution in [0.15, 0.2) is 12.1 Å². The second-order valence-corrected chi connectivity index (χ2v) is 5.27. The summed E-state index contributed by atoms with van der Waals surface area (Å²) >= 11 is 6.98. The Hall–Kier alpha value is -0.280. The lowest BCUT2D eigenvalue weighted by molar-refractivity contribution is 0.530. The van der Waals surface area contributed by atoms with Crippen LogP contribution in [0.4, 0.5) is 8.78 Å². The molecule has 0 aliphatic heterocycles. The fraction of sp³-hybridized carbons (Fsp3) is 0.400. The first-order valence-electron chi connectivity index (χ1n) is 4.09. The zero-order valence-corrected chi connectivity index (χ0v) is 9.77. The first kappa shape index (κ1) is 11.8. The Morgan fingerprint density at radius 1 is 1.29 bits per heavy atom. The predicted octanol–water partition coefficient (Wildman–Crippen LogP) is 4.22. The zero-order valence-electron chi connectivity index (χ0n) is 8.20. The summed E-state index contributed by atoms with van der Waals surface area (Å²) < 4.78 is 26.3. The van der Waals surface area contributed by atoms with E-state index >= 15 is 0 Å². The van der Waals surface area contributed by atoms with E-state index in [9.17, 15) is 8.78 Å². The van der Waals surface area contributed by atoms with Crippen LogP contribution in [0.5, 0.6) is 0 Å². The summed E-state index contributed by atoms with van der Waals surface area (Å²) in [5, 5.41) is -0.0384. The van der Waals surface area contributed by atoms with E-state index in [0.717, 1.165) is 0 Å². The molecule has 0 radical (unpaired) electrons. The van der Waals surface area contributed by atoms with Gasteiger partial charge in [-0.3, -0.25) is 0 Å². The Morgan fingerprint density at radius 2 is 1.86 bits per heavy atom. The second kappa shape index (κ2) is 4.07. The molecule has 0 heterocycles. The van der Waals surface area contributed by atoms with Crippen LogP contribution in [0.1, 0.15) is 19.4 Å². The molecule has 0 unspecified atom stereocenters. The monoisotopic (exact) mass is 236 g/mol. The number of halogens is 3. The van der Waals surface area contributed by atoms with Gasteiger partial charge in [0.2, 0.25) is 0 Å². The maximum atomic E-state index is 13.6. The first-order valence-corrected chi connectivity index (χ1v) is 5.69. The van der Waals surface area contributed by atoms with Crippen molar-refractivity contribution in [2.24, 2.45) is 0 Å². The van der Waals surface area contributed by atoms with E-state index in [2.05, 4.69) is 0 Å². The molecule has 14 heavy (non-hydrogen) atoms. The van der Waals surface area contributed by atoms with Crippen molar-refractivity contribution in [1.82, 2.24) is 0 Å². The third kappa shape index (κ3) is 2.04. The number of rotatable bonds is 2. The summed E-state index contributed by atoms with van der Waals surface area (Å²) in [5.41, 5.74) is 0.0394. The number of hydrogen-bond donors (Lipinski definition) is 0. The topological polar surface area (TPSA) is 0 Å². The van der Waals surface area contributed by atoms with Crippen molar-refractivity contribution >= 4 is 23.4 Å². The van der Waals surface area contributed by atoms with Crippen LogP contribution in [0, 0.1) is 11.6 Å². The quantitative estimate of drug-likeness (QED) is 0.693. The average Bonchev–Trinajstić information content (AvgIpc) is 2.12. The number of hydrogen-bond acceptors (Lipinski definition) is 1. The van der Waals surface area contributed by atoms with Crippen molar-refractivity contribution in [1.29, 1.82) is 0 Å². The molecular formula is C10H11ClF2S. The van der Waals surface area contributed by atoms with Crippen molar-refractivity contribution < 1.29 is 8.78 Å². The van der Waals surface area contributed by atoms with Crippen LogP contribution >= 0.6 is 23.4 Å². The van der Waals surface area contributed by atoms with Gasteiger partial charge in [0.15, 0.2) is 0 Å². The molecule has 0 saturated carbocycles. The maximum absolute atomic E-state index is 13.6. The highest BCUT2D eigenvalue weighted by molar-refractivity contribution is 7.99. The lowest BCUT2D eigenvalue weighted by atomic mass is 10.0. The highest BCUT2D eigenvalue weighted by Crippen LogP contribution is 2.38. The summed E-state index contributed by atoms with van der Waals surface area (Å²) in [6.07, 6.45) is 1.81. The largest absolute Gasteiger partial charge is 0.207 e. The summed E-state index contributed by atoms with van der Waals surface area (Å²) in [6, 6.07) is 2.42. The normalized spacial score (nSPS) is 11.9. The molecular weight excluding hydrogens is 226 g/mol. The summed E-state index contributed by atoms with van der Waals surface area (Å²) in [7, 11) is 0. The molecule has 0 amide bonds. The van der Waals surface area contributed by atoms with Crippen LogP contribution in [-0.2, 0) is 4.75 Å². The van der Waals surface area contributed by atoms with Crippen LogP contribution in [0.2, 0.25) is 5.02 Å². The van der Waals surface area contributed by atoms with Gasteiger partial charge in [0.05, 0.1) is 5.02 Å². The third-order valence-corrected chi connectivity index (χ3v) is 3.67. The van der Waals surface area contributed by atoms with Gasteiger partial charge in [-0.05, 0) is 32.2 Å². The zero-order chi connectivity index (χ0) is 10.9. The van der Waals surface area contributed by atoms with Crippen LogP contribution in [-0.4, -0.2) is 6.26 Å². The summed E-state index contributed by atoms with van der Waals surface area (Å²) in [5.74, 6) is -1.21. The van der Waals surface area contributed by atoms with Crippen molar-refractivity contribution in [3.05, 3.63) is 34.4 Å². The molecule has 0 saturated heterocycles. The van der Waals surface area contributed by atoms with Crippen molar-refractivity contribution in [2.45, 2.75) is 18.6 Å². The lowest BCUT2D eigenvalue weighted by Crippen LogP contribution is -2.16. The Bertz CT molecular complexity index is 350. The highest BCUT2D eigenvalue weighted by atomic mass is 35.5. The fourth-order valence-electron chi connectivity index (χ4n) is 1.18. The minimum absolute atomic E-state index is 0.0384. The van der Waals surface area contributed by atoms with E-state index in [4.69, 9.17) is 11.6 Å². The molecule has 0 spiro atoms. The molecule has 78 valence electrons. The van der Waals surface area contributed by atoms with E-state index in [0.29, 0.717) is 0 Å². The molecule has 0 bridgehead atoms. The first-order chi connectivity index (χ1) is 6.40. The molecule has 1 aromatic rings. The van der Waals surface area contributed by atoms with Crippen LogP contribution in [0.25, 0.3) is 0 Å². The highest BCUT2D eigenvalue weighted by Gasteiger charge is 2.28. The molecule has 0 aliphatic rings. The molecule has 0 nitrogen and oxygen atoms in total. The summed E-state index contributed by atoms with van der Waals surface area (Å²) in [4.78, 5) is 0. The Morgan fingerprint density at radius 3 is 2.36 bits per heavy atom. The van der Waals surface area contributed by atoms with Gasteiger partial charge in [-0.1, -0.05) is 11.6 Å². The fourth-order valence-corrected chi connectivity index (χ4v) is 1.73. The van der Waals surface area contributed by atoms with Gasteiger partial charge in [-0.2, -0.15) is 11.8 Å². The van der Waals surface area contributed by atoms with Gasteiger partial charge >= 0.3 is 0 Å². The molecule has 0 fully saturated rings. The van der Waals surface area contributed by atoms with Gasteiger partial charge in [-0.25, -0.2) is 8.78 Å². The van der Waals surface area contributed by atoms with Gasteiger partial charge in [0, 0.05) is 10.3 Å². The summed E-state index contributed by atoms with van der Waals surface area (Å²) in [6.45, 7) is 3.52. The molecule has 1 aromatic carbocycles. The van der Waals surface area contributed by atoms with Gasteiger partial charge < -0.3 is 0 Å². The lowest BCUT2D eigenvalue weighted by Gasteiger charge is -2.23.